The molecule has 1 aliphatic rings. The average Bonchev–Trinajstić information content (AvgIpc) is 3.27. The van der Waals surface area contributed by atoms with Gasteiger partial charge >= 0.3 is 0 Å². The van der Waals surface area contributed by atoms with E-state index in [1.165, 1.54) is 12.1 Å². The molecule has 1 N–H and O–H groups in total. The first kappa shape index (κ1) is 20.2. The molecule has 1 saturated heterocycles. The highest BCUT2D eigenvalue weighted by Gasteiger charge is 2.39. The number of ketones is 1. The third-order valence-corrected chi connectivity index (χ3v) is 5.57. The average molecular weight is 407 g/mol. The number of halogens is 1. The lowest BCUT2D eigenvalue weighted by molar-refractivity contribution is 0.0357. The van der Waals surface area contributed by atoms with E-state index >= 15 is 0 Å². The number of hydrogen-bond donors (Lipinski definition) is 1. The normalized spacial score (nSPS) is 18.5. The molecule has 1 aliphatic heterocycles. The Morgan fingerprint density at radius 2 is 1.80 bits per heavy atom. The summed E-state index contributed by atoms with van der Waals surface area (Å²) in [5, 5.41) is 8.94. The Labute approximate surface area is 173 Å². The van der Waals surface area contributed by atoms with Crippen LogP contribution < -0.4 is 5.56 Å². The second-order valence-electron chi connectivity index (χ2n) is 7.45. The van der Waals surface area contributed by atoms with Crippen molar-refractivity contribution in [1.82, 2.24) is 4.57 Å². The number of aromatic nitrogens is 1. The minimum atomic E-state index is -0.738. The fourth-order valence-corrected chi connectivity index (χ4v) is 3.95. The lowest BCUT2D eigenvalue weighted by atomic mass is 9.84. The van der Waals surface area contributed by atoms with E-state index < -0.39 is 12.2 Å². The Balaban J connectivity index is 1.61. The van der Waals surface area contributed by atoms with E-state index in [1.54, 1.807) is 53.2 Å². The van der Waals surface area contributed by atoms with Crippen LogP contribution in [0.25, 0.3) is 0 Å². The van der Waals surface area contributed by atoms with Crippen molar-refractivity contribution in [3.8, 4) is 0 Å². The van der Waals surface area contributed by atoms with E-state index in [9.17, 15) is 14.0 Å². The van der Waals surface area contributed by atoms with Gasteiger partial charge in [-0.1, -0.05) is 36.4 Å². The number of Topliss-reactive ketones (excluding diaryl/α,β-unsaturated/α-hetero) is 1. The van der Waals surface area contributed by atoms with Crippen molar-refractivity contribution in [2.45, 2.75) is 25.0 Å². The van der Waals surface area contributed by atoms with Gasteiger partial charge in [-0.05, 0) is 47.7 Å². The van der Waals surface area contributed by atoms with Gasteiger partial charge in [0.2, 0.25) is 0 Å². The summed E-state index contributed by atoms with van der Waals surface area (Å²) >= 11 is 0. The van der Waals surface area contributed by atoms with E-state index in [0.29, 0.717) is 18.7 Å². The van der Waals surface area contributed by atoms with Crippen molar-refractivity contribution in [2.75, 3.05) is 13.2 Å². The number of rotatable bonds is 6. The summed E-state index contributed by atoms with van der Waals surface area (Å²) < 4.78 is 21.1. The van der Waals surface area contributed by atoms with Crippen molar-refractivity contribution < 1.29 is 19.0 Å². The van der Waals surface area contributed by atoms with Gasteiger partial charge in [-0.25, -0.2) is 4.39 Å². The van der Waals surface area contributed by atoms with Gasteiger partial charge in [0, 0.05) is 24.4 Å². The SMILES string of the molecule is O=C(CO)c1ccc(Cn2ccc([C@@]3(c4ccc(F)cc4)CCCO3)cc2=O)cc1. The van der Waals surface area contributed by atoms with Crippen molar-refractivity contribution in [1.29, 1.82) is 0 Å². The molecule has 0 bridgehead atoms. The number of carbonyl (C=O) groups is 1. The number of pyridine rings is 1. The zero-order valence-electron chi connectivity index (χ0n) is 16.4. The van der Waals surface area contributed by atoms with E-state index in [2.05, 4.69) is 0 Å². The lowest BCUT2D eigenvalue weighted by Gasteiger charge is -2.29. The predicted octanol–water partition coefficient (Wildman–Crippen LogP) is 3.26. The summed E-state index contributed by atoms with van der Waals surface area (Å²) in [5.74, 6) is -0.653. The molecule has 2 heterocycles. The molecular formula is C24H22FNO4. The largest absolute Gasteiger partial charge is 0.388 e. The van der Waals surface area contributed by atoms with Gasteiger partial charge in [0.05, 0.1) is 6.54 Å². The first-order valence-electron chi connectivity index (χ1n) is 9.86. The topological polar surface area (TPSA) is 68.5 Å². The molecule has 5 nitrogen and oxygen atoms in total. The second kappa shape index (κ2) is 8.34. The van der Waals surface area contributed by atoms with E-state index in [1.807, 2.05) is 6.07 Å². The Hall–Kier alpha value is -3.09. The Morgan fingerprint density at radius 1 is 1.07 bits per heavy atom. The highest BCUT2D eigenvalue weighted by atomic mass is 19.1. The second-order valence-corrected chi connectivity index (χ2v) is 7.45. The van der Waals surface area contributed by atoms with Gasteiger partial charge in [0.15, 0.2) is 5.78 Å². The van der Waals surface area contributed by atoms with E-state index in [0.717, 1.165) is 29.5 Å². The summed E-state index contributed by atoms with van der Waals surface area (Å²) in [6, 6.07) is 16.5. The molecule has 6 heteroatoms. The number of aliphatic hydroxyl groups excluding tert-OH is 1. The van der Waals surface area contributed by atoms with Gasteiger partial charge in [-0.3, -0.25) is 9.59 Å². The Kier molecular flexibility index (Phi) is 5.61. The molecule has 0 amide bonds. The predicted molar refractivity (Wildman–Crippen MR) is 110 cm³/mol. The molecule has 1 fully saturated rings. The molecule has 1 aromatic heterocycles. The molecule has 0 unspecified atom stereocenters. The molecule has 1 atom stereocenters. The first-order valence-corrected chi connectivity index (χ1v) is 9.86. The first-order chi connectivity index (χ1) is 14.5. The maximum Gasteiger partial charge on any atom is 0.251 e. The van der Waals surface area contributed by atoms with Crippen LogP contribution in [-0.4, -0.2) is 28.7 Å². The number of aliphatic hydroxyl groups is 1. The van der Waals surface area contributed by atoms with Crippen LogP contribution in [0, 0.1) is 5.82 Å². The van der Waals surface area contributed by atoms with Crippen LogP contribution in [0.2, 0.25) is 0 Å². The zero-order valence-corrected chi connectivity index (χ0v) is 16.4. The molecule has 30 heavy (non-hydrogen) atoms. The molecule has 4 rings (SSSR count). The van der Waals surface area contributed by atoms with Gasteiger partial charge < -0.3 is 14.4 Å². The monoisotopic (exact) mass is 407 g/mol. The van der Waals surface area contributed by atoms with Crippen LogP contribution in [0.4, 0.5) is 4.39 Å². The summed E-state index contributed by atoms with van der Waals surface area (Å²) in [6.07, 6.45) is 3.32. The Morgan fingerprint density at radius 3 is 2.40 bits per heavy atom. The number of benzene rings is 2. The molecule has 0 spiro atoms. The Bertz CT molecular complexity index is 1100. The maximum absolute atomic E-state index is 13.4. The van der Waals surface area contributed by atoms with Gasteiger partial charge in [-0.2, -0.15) is 0 Å². The van der Waals surface area contributed by atoms with Crippen LogP contribution in [0.15, 0.2) is 71.7 Å². The lowest BCUT2D eigenvalue weighted by Crippen LogP contribution is -2.30. The number of nitrogens with zero attached hydrogens (tertiary/aromatic N) is 1. The molecule has 0 radical (unpaired) electrons. The maximum atomic E-state index is 13.4. The van der Waals surface area contributed by atoms with Crippen LogP contribution in [0.3, 0.4) is 0 Å². The number of carbonyl (C=O) groups excluding carboxylic acids is 1. The van der Waals surface area contributed by atoms with Crippen LogP contribution in [-0.2, 0) is 16.9 Å². The van der Waals surface area contributed by atoms with Crippen molar-refractivity contribution >= 4 is 5.78 Å². The summed E-state index contributed by atoms with van der Waals surface area (Å²) in [6.45, 7) is 0.411. The van der Waals surface area contributed by atoms with Gasteiger partial charge in [0.25, 0.3) is 5.56 Å². The number of ether oxygens (including phenoxy) is 1. The number of hydrogen-bond acceptors (Lipinski definition) is 4. The highest BCUT2D eigenvalue weighted by molar-refractivity contribution is 5.96. The van der Waals surface area contributed by atoms with E-state index in [4.69, 9.17) is 9.84 Å². The molecule has 3 aromatic rings. The van der Waals surface area contributed by atoms with Crippen molar-refractivity contribution in [2.24, 2.45) is 0 Å². The van der Waals surface area contributed by atoms with E-state index in [-0.39, 0.29) is 17.2 Å². The van der Waals surface area contributed by atoms with Crippen LogP contribution in [0.5, 0.6) is 0 Å². The highest BCUT2D eigenvalue weighted by Crippen LogP contribution is 2.41. The quantitative estimate of drug-likeness (QED) is 0.637. The smallest absolute Gasteiger partial charge is 0.251 e. The molecule has 0 saturated carbocycles. The summed E-state index contributed by atoms with van der Waals surface area (Å²) in [5.41, 5.74) is 1.99. The fourth-order valence-electron chi connectivity index (χ4n) is 3.95. The van der Waals surface area contributed by atoms with Gasteiger partial charge in [-0.15, -0.1) is 0 Å². The van der Waals surface area contributed by atoms with Crippen LogP contribution >= 0.6 is 0 Å². The fraction of sp³-hybridized carbons (Fsp3) is 0.250. The van der Waals surface area contributed by atoms with Gasteiger partial charge in [0.1, 0.15) is 18.0 Å². The summed E-state index contributed by atoms with van der Waals surface area (Å²) in [7, 11) is 0. The third-order valence-electron chi connectivity index (χ3n) is 5.57. The summed E-state index contributed by atoms with van der Waals surface area (Å²) in [4.78, 5) is 24.3. The molecule has 154 valence electrons. The minimum absolute atomic E-state index is 0.167. The molecule has 0 aliphatic carbocycles. The van der Waals surface area contributed by atoms with Crippen molar-refractivity contribution in [3.63, 3.8) is 0 Å². The standard InChI is InChI=1S/C24H22FNO4/c25-21-8-6-19(7-9-21)24(11-1-13-30-24)20-10-12-26(23(29)14-20)15-17-2-4-18(5-3-17)22(28)16-27/h2-10,12,14,27H,1,11,13,15-16H2/t24-/m0/s1. The van der Waals surface area contributed by atoms with Crippen molar-refractivity contribution in [3.05, 3.63) is 105 Å². The minimum Gasteiger partial charge on any atom is -0.388 e. The zero-order chi connectivity index (χ0) is 21.1. The molecule has 2 aromatic carbocycles. The third kappa shape index (κ3) is 3.84. The molecular weight excluding hydrogens is 385 g/mol. The van der Waals surface area contributed by atoms with Crippen LogP contribution in [0.1, 0.15) is 39.9 Å².